The number of benzene rings is 1. The first-order valence-corrected chi connectivity index (χ1v) is 7.03. The summed E-state index contributed by atoms with van der Waals surface area (Å²) < 4.78 is 11.7. The molecular weight excluding hydrogens is 284 g/mol. The zero-order valence-corrected chi connectivity index (χ0v) is 12.1. The number of amides is 1. The predicted molar refractivity (Wildman–Crippen MR) is 80.5 cm³/mol. The highest BCUT2D eigenvalue weighted by atomic mass is 16.4. The molecule has 0 saturated carbocycles. The molecule has 1 amide bonds. The van der Waals surface area contributed by atoms with Crippen molar-refractivity contribution in [2.45, 2.75) is 25.9 Å². The lowest BCUT2D eigenvalue weighted by molar-refractivity contribution is -0.122. The largest absolute Gasteiger partial charge is 0.469 e. The molecule has 0 radical (unpaired) electrons. The molecule has 22 heavy (non-hydrogen) atoms. The number of furan rings is 1. The van der Waals surface area contributed by atoms with Gasteiger partial charge in [0.15, 0.2) is 5.58 Å². The van der Waals surface area contributed by atoms with E-state index in [9.17, 15) is 9.59 Å². The van der Waals surface area contributed by atoms with E-state index in [0.29, 0.717) is 17.5 Å². The Kier molecular flexibility index (Phi) is 3.82. The molecule has 0 fully saturated rings. The number of fused-ring (bicyclic) bond motifs is 1. The van der Waals surface area contributed by atoms with Gasteiger partial charge >= 0.3 is 5.76 Å². The average molecular weight is 300 g/mol. The number of aromatic nitrogens is 1. The predicted octanol–water partition coefficient (Wildman–Crippen LogP) is 1.93. The molecule has 1 atom stereocenters. The molecule has 114 valence electrons. The summed E-state index contributed by atoms with van der Waals surface area (Å²) in [5.41, 5.74) is 1.09. The van der Waals surface area contributed by atoms with E-state index in [2.05, 4.69) is 5.32 Å². The third-order valence-electron chi connectivity index (χ3n) is 3.37. The van der Waals surface area contributed by atoms with Crippen molar-refractivity contribution in [1.82, 2.24) is 9.88 Å². The number of oxazole rings is 1. The van der Waals surface area contributed by atoms with Crippen LogP contribution in [-0.4, -0.2) is 16.5 Å². The molecule has 1 N–H and O–H groups in total. The van der Waals surface area contributed by atoms with Crippen LogP contribution < -0.4 is 11.1 Å². The second-order valence-electron chi connectivity index (χ2n) is 5.17. The molecule has 0 aliphatic heterocycles. The van der Waals surface area contributed by atoms with Crippen molar-refractivity contribution in [3.63, 3.8) is 0 Å². The van der Waals surface area contributed by atoms with Crippen LogP contribution in [0.3, 0.4) is 0 Å². The maximum absolute atomic E-state index is 12.1. The minimum atomic E-state index is -0.532. The van der Waals surface area contributed by atoms with Crippen LogP contribution >= 0.6 is 0 Å². The van der Waals surface area contributed by atoms with Gasteiger partial charge in [0.1, 0.15) is 12.3 Å². The van der Waals surface area contributed by atoms with Crippen molar-refractivity contribution < 1.29 is 13.6 Å². The number of rotatable bonds is 5. The van der Waals surface area contributed by atoms with Crippen molar-refractivity contribution in [2.24, 2.45) is 0 Å². The van der Waals surface area contributed by atoms with Crippen LogP contribution in [0.4, 0.5) is 0 Å². The lowest BCUT2D eigenvalue weighted by atomic mass is 10.2. The molecule has 3 rings (SSSR count). The number of para-hydroxylation sites is 2. The van der Waals surface area contributed by atoms with E-state index in [1.807, 2.05) is 13.0 Å². The third-order valence-corrected chi connectivity index (χ3v) is 3.37. The van der Waals surface area contributed by atoms with Crippen LogP contribution in [0, 0.1) is 0 Å². The Morgan fingerprint density at radius 2 is 2.09 bits per heavy atom. The Labute approximate surface area is 126 Å². The number of carbonyl (C=O) groups is 1. The van der Waals surface area contributed by atoms with Crippen LogP contribution in [0.2, 0.25) is 0 Å². The van der Waals surface area contributed by atoms with Gasteiger partial charge < -0.3 is 14.2 Å². The molecule has 0 aliphatic rings. The summed E-state index contributed by atoms with van der Waals surface area (Å²) in [7, 11) is 0. The minimum absolute atomic E-state index is 0.0711. The molecule has 6 nitrogen and oxygen atoms in total. The van der Waals surface area contributed by atoms with E-state index >= 15 is 0 Å². The summed E-state index contributed by atoms with van der Waals surface area (Å²) in [4.78, 5) is 23.9. The number of hydrogen-bond donors (Lipinski definition) is 1. The van der Waals surface area contributed by atoms with E-state index in [1.165, 1.54) is 4.57 Å². The second-order valence-corrected chi connectivity index (χ2v) is 5.17. The van der Waals surface area contributed by atoms with Gasteiger partial charge in [-0.2, -0.15) is 0 Å². The Morgan fingerprint density at radius 3 is 2.86 bits per heavy atom. The molecule has 0 unspecified atom stereocenters. The van der Waals surface area contributed by atoms with E-state index in [-0.39, 0.29) is 18.5 Å². The number of hydrogen-bond acceptors (Lipinski definition) is 4. The molecular formula is C16H16N2O4. The summed E-state index contributed by atoms with van der Waals surface area (Å²) >= 11 is 0. The lowest BCUT2D eigenvalue weighted by Gasteiger charge is -2.12. The van der Waals surface area contributed by atoms with Gasteiger partial charge in [-0.1, -0.05) is 12.1 Å². The fourth-order valence-electron chi connectivity index (χ4n) is 2.41. The molecule has 6 heteroatoms. The lowest BCUT2D eigenvalue weighted by Crippen LogP contribution is -2.37. The molecule has 2 aromatic heterocycles. The Hall–Kier alpha value is -2.76. The topological polar surface area (TPSA) is 77.4 Å². The maximum atomic E-state index is 12.1. The van der Waals surface area contributed by atoms with Crippen LogP contribution in [0.15, 0.2) is 56.3 Å². The number of carbonyl (C=O) groups excluding carboxylic acids is 1. The quantitative estimate of drug-likeness (QED) is 0.781. The molecule has 0 saturated heterocycles. The third kappa shape index (κ3) is 2.95. The van der Waals surface area contributed by atoms with Crippen LogP contribution in [-0.2, 0) is 17.8 Å². The smallest absolute Gasteiger partial charge is 0.420 e. The summed E-state index contributed by atoms with van der Waals surface area (Å²) in [6, 6.07) is 10.6. The standard InChI is InChI=1S/C16H16N2O4/c1-11(9-12-5-4-8-21-12)17-15(19)10-18-13-6-2-3-7-14(13)22-16(18)20/h2-8,11H,9-10H2,1H3,(H,17,19)/t11-/m0/s1. The highest BCUT2D eigenvalue weighted by molar-refractivity contribution is 5.79. The van der Waals surface area contributed by atoms with Crippen LogP contribution in [0.25, 0.3) is 11.1 Å². The second kappa shape index (κ2) is 5.93. The van der Waals surface area contributed by atoms with Crippen molar-refractivity contribution in [3.05, 3.63) is 59.0 Å². The zero-order valence-electron chi connectivity index (χ0n) is 12.1. The van der Waals surface area contributed by atoms with Crippen molar-refractivity contribution in [1.29, 1.82) is 0 Å². The van der Waals surface area contributed by atoms with Crippen LogP contribution in [0.5, 0.6) is 0 Å². The van der Waals surface area contributed by atoms with Gasteiger partial charge in [0.05, 0.1) is 11.8 Å². The Balaban J connectivity index is 1.68. The molecule has 2 heterocycles. The van der Waals surface area contributed by atoms with Gasteiger partial charge in [-0.3, -0.25) is 9.36 Å². The van der Waals surface area contributed by atoms with E-state index in [0.717, 1.165) is 5.76 Å². The monoisotopic (exact) mass is 300 g/mol. The van der Waals surface area contributed by atoms with E-state index < -0.39 is 5.76 Å². The average Bonchev–Trinajstić information content (AvgIpc) is 3.08. The zero-order chi connectivity index (χ0) is 15.5. The molecule has 0 aliphatic carbocycles. The summed E-state index contributed by atoms with van der Waals surface area (Å²) in [5.74, 6) is 0.0291. The van der Waals surface area contributed by atoms with Gasteiger partial charge in [-0.05, 0) is 31.2 Å². The summed E-state index contributed by atoms with van der Waals surface area (Å²) in [5, 5.41) is 2.85. The van der Waals surface area contributed by atoms with E-state index in [1.54, 1.807) is 36.6 Å². The first-order valence-electron chi connectivity index (χ1n) is 7.03. The van der Waals surface area contributed by atoms with Crippen molar-refractivity contribution in [3.8, 4) is 0 Å². The van der Waals surface area contributed by atoms with Gasteiger partial charge in [0, 0.05) is 12.5 Å². The normalized spacial score (nSPS) is 12.4. The first-order chi connectivity index (χ1) is 10.6. The molecule has 0 spiro atoms. The minimum Gasteiger partial charge on any atom is -0.469 e. The van der Waals surface area contributed by atoms with Crippen molar-refractivity contribution in [2.75, 3.05) is 0 Å². The fourth-order valence-corrected chi connectivity index (χ4v) is 2.41. The molecule has 1 aromatic carbocycles. The summed E-state index contributed by atoms with van der Waals surface area (Å²) in [6.07, 6.45) is 2.20. The number of nitrogens with zero attached hydrogens (tertiary/aromatic N) is 1. The fraction of sp³-hybridized carbons (Fsp3) is 0.250. The van der Waals surface area contributed by atoms with E-state index in [4.69, 9.17) is 8.83 Å². The Bertz CT molecular complexity index is 829. The van der Waals surface area contributed by atoms with Gasteiger partial charge in [0.25, 0.3) is 0 Å². The SMILES string of the molecule is C[C@@H](Cc1ccco1)NC(=O)Cn1c(=O)oc2ccccc21. The number of nitrogens with one attached hydrogen (secondary N) is 1. The van der Waals surface area contributed by atoms with Gasteiger partial charge in [-0.25, -0.2) is 4.79 Å². The van der Waals surface area contributed by atoms with Gasteiger partial charge in [-0.15, -0.1) is 0 Å². The van der Waals surface area contributed by atoms with Crippen molar-refractivity contribution >= 4 is 17.0 Å². The van der Waals surface area contributed by atoms with Crippen LogP contribution in [0.1, 0.15) is 12.7 Å². The summed E-state index contributed by atoms with van der Waals surface area (Å²) in [6.45, 7) is 1.81. The highest BCUT2D eigenvalue weighted by Crippen LogP contribution is 2.11. The highest BCUT2D eigenvalue weighted by Gasteiger charge is 2.14. The molecule has 3 aromatic rings. The Morgan fingerprint density at radius 1 is 1.27 bits per heavy atom. The maximum Gasteiger partial charge on any atom is 0.420 e. The molecule has 0 bridgehead atoms. The first kappa shape index (κ1) is 14.2. The van der Waals surface area contributed by atoms with Gasteiger partial charge in [0.2, 0.25) is 5.91 Å².